The minimum Gasteiger partial charge on any atom is -0.208 e. The maximum Gasteiger partial charge on any atom is 0.164 e. The monoisotopic (exact) mass is 795 g/mol. The minimum atomic E-state index is 0.641. The second kappa shape index (κ2) is 15.8. The maximum absolute atomic E-state index is 5.04. The molecular weight excluding hydrogens is 759 g/mol. The van der Waals surface area contributed by atoms with Crippen LogP contribution in [0.3, 0.4) is 0 Å². The van der Waals surface area contributed by atoms with E-state index in [1.807, 2.05) is 72.0 Å². The molecule has 0 aliphatic heterocycles. The van der Waals surface area contributed by atoms with Crippen LogP contribution in [0.1, 0.15) is 0 Å². The number of hydrogen-bond acceptors (Lipinski definition) is 4. The number of fused-ring (bicyclic) bond motifs is 3. The summed E-state index contributed by atoms with van der Waals surface area (Å²) < 4.78 is 2.52. The second-order valence-corrected chi connectivity index (χ2v) is 16.2. The molecule has 0 fully saturated rings. The molecule has 3 nitrogen and oxygen atoms in total. The Morgan fingerprint density at radius 2 is 0.623 bits per heavy atom. The molecular formula is C57H37N3S. The van der Waals surface area contributed by atoms with E-state index in [0.717, 1.165) is 22.3 Å². The Morgan fingerprint density at radius 3 is 1.16 bits per heavy atom. The van der Waals surface area contributed by atoms with Crippen LogP contribution in [0.25, 0.3) is 110 Å². The molecule has 2 heterocycles. The van der Waals surface area contributed by atoms with Crippen LogP contribution in [0.2, 0.25) is 0 Å². The lowest BCUT2D eigenvalue weighted by Gasteiger charge is -2.11. The number of thiophene rings is 1. The second-order valence-electron chi connectivity index (χ2n) is 15.2. The standard InChI is InChI=1S/C57H37N3S/c1-5-15-38(16-6-1)40-27-29-42(30-28-40)48-36-51(43-33-31-41(32-34-43)39-17-7-2-8-18-39)54-52(37-48)50-26-14-25-49(53(50)61-54)46-23-13-24-47(35-46)57-59-55(44-19-9-3-10-20-44)58-56(60-57)45-21-11-4-12-22-45/h1-37H. The molecule has 2 aromatic heterocycles. The highest BCUT2D eigenvalue weighted by molar-refractivity contribution is 7.26. The molecule has 0 aliphatic carbocycles. The van der Waals surface area contributed by atoms with Crippen molar-refractivity contribution in [3.63, 3.8) is 0 Å². The van der Waals surface area contributed by atoms with Crippen molar-refractivity contribution in [3.8, 4) is 89.8 Å². The third-order valence-corrected chi connectivity index (χ3v) is 12.6. The van der Waals surface area contributed by atoms with Crippen molar-refractivity contribution in [2.24, 2.45) is 0 Å². The van der Waals surface area contributed by atoms with E-state index in [9.17, 15) is 0 Å². The molecule has 0 radical (unpaired) electrons. The fourth-order valence-corrected chi connectivity index (χ4v) is 9.58. The molecule has 0 spiro atoms. The number of aromatic nitrogens is 3. The van der Waals surface area contributed by atoms with Crippen LogP contribution < -0.4 is 0 Å². The van der Waals surface area contributed by atoms with Crippen molar-refractivity contribution >= 4 is 31.5 Å². The molecule has 61 heavy (non-hydrogen) atoms. The quantitative estimate of drug-likeness (QED) is 0.154. The molecule has 11 rings (SSSR count). The summed E-state index contributed by atoms with van der Waals surface area (Å²) in [5.41, 5.74) is 14.8. The smallest absolute Gasteiger partial charge is 0.164 e. The molecule has 4 heteroatoms. The Balaban J connectivity index is 1.05. The van der Waals surface area contributed by atoms with E-state index >= 15 is 0 Å². The topological polar surface area (TPSA) is 38.7 Å². The third-order valence-electron chi connectivity index (χ3n) is 11.4. The average molecular weight is 796 g/mol. The van der Waals surface area contributed by atoms with Crippen molar-refractivity contribution < 1.29 is 0 Å². The van der Waals surface area contributed by atoms with Crippen LogP contribution >= 0.6 is 11.3 Å². The Labute approximate surface area is 359 Å². The summed E-state index contributed by atoms with van der Waals surface area (Å²) in [6.45, 7) is 0. The largest absolute Gasteiger partial charge is 0.208 e. The molecule has 0 amide bonds. The summed E-state index contributed by atoms with van der Waals surface area (Å²) in [7, 11) is 0. The fourth-order valence-electron chi connectivity index (χ4n) is 8.23. The van der Waals surface area contributed by atoms with Crippen molar-refractivity contribution in [1.29, 1.82) is 0 Å². The summed E-state index contributed by atoms with van der Waals surface area (Å²) in [6, 6.07) is 79.6. The van der Waals surface area contributed by atoms with Crippen LogP contribution in [-0.4, -0.2) is 15.0 Å². The highest BCUT2D eigenvalue weighted by Gasteiger charge is 2.18. The van der Waals surface area contributed by atoms with Crippen LogP contribution in [0.5, 0.6) is 0 Å². The van der Waals surface area contributed by atoms with Gasteiger partial charge in [0.05, 0.1) is 0 Å². The van der Waals surface area contributed by atoms with Crippen LogP contribution in [0.15, 0.2) is 224 Å². The van der Waals surface area contributed by atoms with E-state index in [0.29, 0.717) is 17.5 Å². The van der Waals surface area contributed by atoms with Crippen molar-refractivity contribution in [2.45, 2.75) is 0 Å². The number of benzene rings is 9. The van der Waals surface area contributed by atoms with Gasteiger partial charge in [0.1, 0.15) is 0 Å². The van der Waals surface area contributed by atoms with Gasteiger partial charge in [-0.05, 0) is 68.3 Å². The molecule has 9 aromatic carbocycles. The summed E-state index contributed by atoms with van der Waals surface area (Å²) >= 11 is 1.87. The molecule has 0 unspecified atom stereocenters. The van der Waals surface area contributed by atoms with E-state index in [1.165, 1.54) is 70.2 Å². The average Bonchev–Trinajstić information content (AvgIpc) is 3.74. The molecule has 0 saturated heterocycles. The van der Waals surface area contributed by atoms with E-state index in [1.54, 1.807) is 0 Å². The van der Waals surface area contributed by atoms with Gasteiger partial charge >= 0.3 is 0 Å². The van der Waals surface area contributed by atoms with E-state index < -0.39 is 0 Å². The maximum atomic E-state index is 5.04. The zero-order valence-corrected chi connectivity index (χ0v) is 33.9. The van der Waals surface area contributed by atoms with Crippen molar-refractivity contribution in [1.82, 2.24) is 15.0 Å². The van der Waals surface area contributed by atoms with Gasteiger partial charge in [-0.15, -0.1) is 11.3 Å². The Morgan fingerprint density at radius 1 is 0.230 bits per heavy atom. The zero-order chi connectivity index (χ0) is 40.5. The summed E-state index contributed by atoms with van der Waals surface area (Å²) in [4.78, 5) is 15.0. The molecule has 286 valence electrons. The lowest BCUT2D eigenvalue weighted by Crippen LogP contribution is -2.00. The minimum absolute atomic E-state index is 0.641. The first-order chi connectivity index (χ1) is 30.2. The van der Waals surface area contributed by atoms with Crippen molar-refractivity contribution in [2.75, 3.05) is 0 Å². The molecule has 11 aromatic rings. The summed E-state index contributed by atoms with van der Waals surface area (Å²) in [5.74, 6) is 1.94. The lowest BCUT2D eigenvalue weighted by atomic mass is 9.93. The molecule has 0 atom stereocenters. The fraction of sp³-hybridized carbons (Fsp3) is 0. The van der Waals surface area contributed by atoms with Gasteiger partial charge in [-0.2, -0.15) is 0 Å². The van der Waals surface area contributed by atoms with Crippen molar-refractivity contribution in [3.05, 3.63) is 224 Å². The Hall–Kier alpha value is -7.79. The SMILES string of the molecule is c1ccc(-c2ccc(-c3cc(-c4ccc(-c5ccccc5)cc4)c4sc5c(-c6cccc(-c7nc(-c8ccccc8)nc(-c8ccccc8)n7)c6)cccc5c4c3)cc2)cc1. The van der Waals surface area contributed by atoms with Gasteiger partial charge in [0.2, 0.25) is 0 Å². The highest BCUT2D eigenvalue weighted by atomic mass is 32.1. The van der Waals surface area contributed by atoms with Gasteiger partial charge in [0.25, 0.3) is 0 Å². The lowest BCUT2D eigenvalue weighted by molar-refractivity contribution is 1.07. The Bertz CT molecular complexity index is 3250. The van der Waals surface area contributed by atoms with Crippen LogP contribution in [0, 0.1) is 0 Å². The van der Waals surface area contributed by atoms with Gasteiger partial charge < -0.3 is 0 Å². The first kappa shape index (κ1) is 36.3. The van der Waals surface area contributed by atoms with E-state index in [2.05, 4.69) is 164 Å². The van der Waals surface area contributed by atoms with E-state index in [4.69, 9.17) is 15.0 Å². The van der Waals surface area contributed by atoms with Crippen LogP contribution in [0.4, 0.5) is 0 Å². The van der Waals surface area contributed by atoms with Crippen LogP contribution in [-0.2, 0) is 0 Å². The molecule has 0 saturated carbocycles. The van der Waals surface area contributed by atoms with Gasteiger partial charge in [-0.3, -0.25) is 0 Å². The first-order valence-corrected chi connectivity index (χ1v) is 21.3. The third kappa shape index (κ3) is 7.09. The highest BCUT2D eigenvalue weighted by Crippen LogP contribution is 2.46. The predicted octanol–water partition coefficient (Wildman–Crippen LogP) is 15.6. The summed E-state index contributed by atoms with van der Waals surface area (Å²) in [5, 5.41) is 2.49. The first-order valence-electron chi connectivity index (χ1n) is 20.5. The summed E-state index contributed by atoms with van der Waals surface area (Å²) in [6.07, 6.45) is 0. The van der Waals surface area contributed by atoms with Gasteiger partial charge in [0.15, 0.2) is 17.5 Å². The predicted molar refractivity (Wildman–Crippen MR) is 256 cm³/mol. The van der Waals surface area contributed by atoms with Gasteiger partial charge in [-0.1, -0.05) is 206 Å². The number of rotatable bonds is 8. The van der Waals surface area contributed by atoms with Gasteiger partial charge in [-0.25, -0.2) is 15.0 Å². The van der Waals surface area contributed by atoms with Gasteiger partial charge in [0, 0.05) is 42.4 Å². The molecule has 0 bridgehead atoms. The Kier molecular flexibility index (Phi) is 9.38. The number of nitrogens with zero attached hydrogens (tertiary/aromatic N) is 3. The molecule has 0 N–H and O–H groups in total. The van der Waals surface area contributed by atoms with E-state index in [-0.39, 0.29) is 0 Å². The zero-order valence-electron chi connectivity index (χ0n) is 33.1. The number of hydrogen-bond donors (Lipinski definition) is 0. The normalized spacial score (nSPS) is 11.3. The molecule has 0 aliphatic rings.